The summed E-state index contributed by atoms with van der Waals surface area (Å²) in [5.74, 6) is 0. The van der Waals surface area contributed by atoms with Gasteiger partial charge >= 0.3 is 0 Å². The molecular weight excluding hydrogens is 733 g/mol. The van der Waals surface area contributed by atoms with Crippen LogP contribution < -0.4 is 16.4 Å². The standard InChI is InChI=1S/C54H32BN3S/c1-2-14-33(15-3-1)34-28-50-53-52(29-34)59-51-25-13-8-20-43(51)55(53)44-32-36(57-47-23-11-6-18-39(47)40-19-7-12-24-48(40)57)31-42-41-30-35(26-27-49(41)58(50)54(42)44)56-45-21-9-4-16-37(45)38-17-5-10-22-46(38)56/h1-32H. The van der Waals surface area contributed by atoms with Gasteiger partial charge in [0.05, 0.1) is 27.6 Å². The first-order valence-electron chi connectivity index (χ1n) is 20.4. The van der Waals surface area contributed by atoms with Crippen molar-refractivity contribution in [3.8, 4) is 28.2 Å². The predicted octanol–water partition coefficient (Wildman–Crippen LogP) is 11.9. The fourth-order valence-electron chi connectivity index (χ4n) is 10.7. The molecule has 14 rings (SSSR count). The second kappa shape index (κ2) is 11.7. The van der Waals surface area contributed by atoms with Crippen molar-refractivity contribution in [1.82, 2.24) is 13.7 Å². The van der Waals surface area contributed by atoms with Crippen LogP contribution >= 0.6 is 11.8 Å². The highest BCUT2D eigenvalue weighted by Gasteiger charge is 2.40. The van der Waals surface area contributed by atoms with Gasteiger partial charge in [-0.05, 0) is 94.8 Å². The normalized spacial score (nSPS) is 13.0. The summed E-state index contributed by atoms with van der Waals surface area (Å²) in [7, 11) is 0. The number of para-hydroxylation sites is 4. The van der Waals surface area contributed by atoms with Crippen LogP contribution in [0.4, 0.5) is 0 Å². The molecule has 0 atom stereocenters. The third-order valence-electron chi connectivity index (χ3n) is 13.1. The summed E-state index contributed by atoms with van der Waals surface area (Å²) in [5.41, 5.74) is 17.6. The summed E-state index contributed by atoms with van der Waals surface area (Å²) in [6.07, 6.45) is 0. The highest BCUT2D eigenvalue weighted by Crippen LogP contribution is 2.43. The van der Waals surface area contributed by atoms with Gasteiger partial charge in [0, 0.05) is 64.7 Å². The van der Waals surface area contributed by atoms with Crippen molar-refractivity contribution in [2.24, 2.45) is 0 Å². The molecule has 0 unspecified atom stereocenters. The summed E-state index contributed by atoms with van der Waals surface area (Å²) in [6, 6.07) is 72.4. The van der Waals surface area contributed by atoms with Crippen molar-refractivity contribution in [2.45, 2.75) is 9.79 Å². The molecule has 0 amide bonds. The fourth-order valence-corrected chi connectivity index (χ4v) is 11.9. The van der Waals surface area contributed by atoms with E-state index in [1.54, 1.807) is 0 Å². The van der Waals surface area contributed by atoms with E-state index in [2.05, 4.69) is 208 Å². The smallest absolute Gasteiger partial charge is 0.249 e. The first-order chi connectivity index (χ1) is 29.3. The molecule has 2 aliphatic heterocycles. The van der Waals surface area contributed by atoms with Crippen molar-refractivity contribution in [1.29, 1.82) is 0 Å². The third-order valence-corrected chi connectivity index (χ3v) is 14.2. The molecule has 0 radical (unpaired) electrons. The molecule has 0 aliphatic carbocycles. The zero-order valence-corrected chi connectivity index (χ0v) is 32.6. The SMILES string of the molecule is c1ccc(-c2cc3c4c(c2)-n2c5ccc(-n6c7ccccc7c7ccccc76)cc5c5cc(-n6c7ccccc7c7ccccc76)cc(c52)B4c2ccccc2S3)cc1. The van der Waals surface area contributed by atoms with Gasteiger partial charge in [0.25, 0.3) is 0 Å². The van der Waals surface area contributed by atoms with Crippen LogP contribution in [0, 0.1) is 0 Å². The molecule has 0 saturated heterocycles. The third kappa shape index (κ3) is 4.24. The van der Waals surface area contributed by atoms with E-state index < -0.39 is 0 Å². The summed E-state index contributed by atoms with van der Waals surface area (Å²) in [6.45, 7) is 0.0754. The number of aromatic nitrogens is 3. The number of nitrogens with zero attached hydrogens (tertiary/aromatic N) is 3. The van der Waals surface area contributed by atoms with E-state index in [4.69, 9.17) is 0 Å². The number of rotatable bonds is 3. The highest BCUT2D eigenvalue weighted by molar-refractivity contribution is 8.00. The van der Waals surface area contributed by atoms with Gasteiger partial charge in [-0.3, -0.25) is 0 Å². The minimum atomic E-state index is 0.0754. The van der Waals surface area contributed by atoms with Gasteiger partial charge in [0.15, 0.2) is 0 Å². The zero-order chi connectivity index (χ0) is 38.3. The van der Waals surface area contributed by atoms with Gasteiger partial charge < -0.3 is 13.7 Å². The minimum absolute atomic E-state index is 0.0754. The van der Waals surface area contributed by atoms with Gasteiger partial charge in [-0.25, -0.2) is 0 Å². The topological polar surface area (TPSA) is 14.8 Å². The molecule has 2 aliphatic rings. The van der Waals surface area contributed by atoms with Crippen LogP contribution in [0.1, 0.15) is 0 Å². The van der Waals surface area contributed by atoms with Crippen molar-refractivity contribution >= 4 is 100 Å². The van der Waals surface area contributed by atoms with E-state index in [0.29, 0.717) is 0 Å². The van der Waals surface area contributed by atoms with E-state index in [0.717, 1.165) is 5.69 Å². The van der Waals surface area contributed by atoms with Gasteiger partial charge in [-0.15, -0.1) is 0 Å². The second-order valence-electron chi connectivity index (χ2n) is 16.1. The molecule has 0 fully saturated rings. The first-order valence-corrected chi connectivity index (χ1v) is 21.2. The minimum Gasteiger partial charge on any atom is -0.310 e. The predicted molar refractivity (Wildman–Crippen MR) is 250 cm³/mol. The van der Waals surface area contributed by atoms with E-state index >= 15 is 0 Å². The molecule has 5 heteroatoms. The number of benzene rings is 9. The Morgan fingerprint density at radius 3 is 1.54 bits per heavy atom. The Balaban J connectivity index is 1.16. The van der Waals surface area contributed by atoms with E-state index in [9.17, 15) is 0 Å². The Bertz CT molecular complexity index is 3670. The lowest BCUT2D eigenvalue weighted by Crippen LogP contribution is -2.58. The van der Waals surface area contributed by atoms with E-state index in [-0.39, 0.29) is 6.71 Å². The average Bonchev–Trinajstić information content (AvgIpc) is 3.94. The van der Waals surface area contributed by atoms with Crippen LogP contribution in [0.5, 0.6) is 0 Å². The van der Waals surface area contributed by atoms with Crippen LogP contribution in [-0.4, -0.2) is 20.4 Å². The molecule has 0 N–H and O–H groups in total. The van der Waals surface area contributed by atoms with Crippen molar-refractivity contribution in [2.75, 3.05) is 0 Å². The van der Waals surface area contributed by atoms with Gasteiger partial charge in [-0.2, -0.15) is 0 Å². The van der Waals surface area contributed by atoms with Crippen LogP contribution in [-0.2, 0) is 0 Å². The molecule has 12 aromatic rings. The maximum Gasteiger partial charge on any atom is 0.249 e. The Morgan fingerprint density at radius 2 is 0.881 bits per heavy atom. The molecule has 5 heterocycles. The molecular formula is C54H32BN3S. The lowest BCUT2D eigenvalue weighted by atomic mass is 9.35. The Labute approximate surface area is 344 Å². The zero-order valence-electron chi connectivity index (χ0n) is 31.8. The van der Waals surface area contributed by atoms with Crippen LogP contribution in [0.15, 0.2) is 204 Å². The number of hydrogen-bond donors (Lipinski definition) is 0. The fraction of sp³-hybridized carbons (Fsp3) is 0. The van der Waals surface area contributed by atoms with Crippen molar-refractivity contribution in [3.05, 3.63) is 194 Å². The lowest BCUT2D eigenvalue weighted by molar-refractivity contribution is 1.16. The second-order valence-corrected chi connectivity index (χ2v) is 17.1. The van der Waals surface area contributed by atoms with Crippen molar-refractivity contribution in [3.63, 3.8) is 0 Å². The van der Waals surface area contributed by atoms with Crippen molar-refractivity contribution < 1.29 is 0 Å². The van der Waals surface area contributed by atoms with Gasteiger partial charge in [0.1, 0.15) is 0 Å². The average molecular weight is 766 g/mol. The van der Waals surface area contributed by atoms with Crippen LogP contribution in [0.3, 0.4) is 0 Å². The first kappa shape index (κ1) is 31.8. The maximum atomic E-state index is 2.60. The Morgan fingerprint density at radius 1 is 0.339 bits per heavy atom. The quantitative estimate of drug-likeness (QED) is 0.164. The molecule has 0 spiro atoms. The van der Waals surface area contributed by atoms with Gasteiger partial charge in [-0.1, -0.05) is 139 Å². The van der Waals surface area contributed by atoms with Gasteiger partial charge in [0.2, 0.25) is 6.71 Å². The summed E-state index contributed by atoms with van der Waals surface area (Å²) in [4.78, 5) is 2.66. The largest absolute Gasteiger partial charge is 0.310 e. The maximum absolute atomic E-state index is 2.60. The summed E-state index contributed by atoms with van der Waals surface area (Å²) in [5, 5.41) is 7.60. The lowest BCUT2D eigenvalue weighted by Gasteiger charge is -2.34. The summed E-state index contributed by atoms with van der Waals surface area (Å²) >= 11 is 1.92. The van der Waals surface area contributed by atoms with Crippen LogP contribution in [0.2, 0.25) is 0 Å². The molecule has 59 heavy (non-hydrogen) atoms. The molecule has 0 bridgehead atoms. The number of fused-ring (bicyclic) bond motifs is 13. The Kier molecular flexibility index (Phi) is 6.31. The number of hydrogen-bond acceptors (Lipinski definition) is 1. The van der Waals surface area contributed by atoms with Crippen LogP contribution in [0.25, 0.3) is 93.6 Å². The Hall–Kier alpha value is -7.21. The highest BCUT2D eigenvalue weighted by atomic mass is 32.2. The summed E-state index contributed by atoms with van der Waals surface area (Å²) < 4.78 is 7.55. The van der Waals surface area contributed by atoms with E-state index in [1.165, 1.54) is 114 Å². The monoisotopic (exact) mass is 765 g/mol. The molecule has 9 aromatic carbocycles. The molecule has 3 nitrogen and oxygen atoms in total. The molecule has 0 saturated carbocycles. The van der Waals surface area contributed by atoms with E-state index in [1.807, 2.05) is 11.8 Å². The molecule has 3 aromatic heterocycles. The molecule has 272 valence electrons.